The molecule has 1 aromatic heterocycles. The van der Waals surface area contributed by atoms with E-state index in [2.05, 4.69) is 30.6 Å². The minimum absolute atomic E-state index is 0.0106. The summed E-state index contributed by atoms with van der Waals surface area (Å²) in [6.45, 7) is 3.66. The van der Waals surface area contributed by atoms with Crippen molar-refractivity contribution in [1.29, 1.82) is 0 Å². The quantitative estimate of drug-likeness (QED) is 0.557. The van der Waals surface area contributed by atoms with Crippen molar-refractivity contribution in [3.63, 3.8) is 0 Å². The standard InChI is InChI=1S/C15H15BrClN3O4S/c1-3-24-13(21)12-9-6-8(25(22,23)20-15(2)4-5-15)7-10(16)11(9)18-14(17)19-12/h6-7,20H,3-5H2,1-2H3. The van der Waals surface area contributed by atoms with Crippen molar-refractivity contribution in [3.8, 4) is 0 Å². The number of nitrogens with zero attached hydrogens (tertiary/aromatic N) is 2. The van der Waals surface area contributed by atoms with Crippen LogP contribution in [-0.2, 0) is 14.8 Å². The second-order valence-electron chi connectivity index (χ2n) is 6.03. The van der Waals surface area contributed by atoms with Gasteiger partial charge in [0.1, 0.15) is 0 Å². The van der Waals surface area contributed by atoms with E-state index in [-0.39, 0.29) is 27.9 Å². The van der Waals surface area contributed by atoms with Crippen LogP contribution in [0.4, 0.5) is 0 Å². The third-order valence-corrected chi connectivity index (χ3v) is 6.25. The van der Waals surface area contributed by atoms with Crippen LogP contribution in [0.1, 0.15) is 37.2 Å². The lowest BCUT2D eigenvalue weighted by molar-refractivity contribution is 0.0522. The molecule has 0 aliphatic heterocycles. The van der Waals surface area contributed by atoms with Gasteiger partial charge >= 0.3 is 5.97 Å². The fourth-order valence-electron chi connectivity index (χ4n) is 2.32. The van der Waals surface area contributed by atoms with E-state index in [1.54, 1.807) is 6.92 Å². The summed E-state index contributed by atoms with van der Waals surface area (Å²) in [5.41, 5.74) is -0.160. The number of sulfonamides is 1. The van der Waals surface area contributed by atoms with Crippen molar-refractivity contribution in [3.05, 3.63) is 27.6 Å². The molecule has 0 saturated heterocycles. The number of benzene rings is 1. The highest BCUT2D eigenvalue weighted by Crippen LogP contribution is 2.37. The van der Waals surface area contributed by atoms with Crippen LogP contribution in [0.25, 0.3) is 10.9 Å². The van der Waals surface area contributed by atoms with Crippen LogP contribution < -0.4 is 4.72 Å². The number of carbonyl (C=O) groups is 1. The average molecular weight is 449 g/mol. The molecule has 0 amide bonds. The van der Waals surface area contributed by atoms with Crippen LogP contribution in [0.5, 0.6) is 0 Å². The molecule has 2 aromatic rings. The normalized spacial score (nSPS) is 16.0. The molecule has 3 rings (SSSR count). The lowest BCUT2D eigenvalue weighted by Crippen LogP contribution is -2.34. The van der Waals surface area contributed by atoms with Gasteiger partial charge < -0.3 is 4.74 Å². The Hall–Kier alpha value is -1.29. The topological polar surface area (TPSA) is 98.2 Å². The van der Waals surface area contributed by atoms with Gasteiger partial charge in [-0.25, -0.2) is 27.9 Å². The molecule has 25 heavy (non-hydrogen) atoms. The molecule has 0 unspecified atom stereocenters. The SMILES string of the molecule is CCOC(=O)c1nc(Cl)nc2c(Br)cc(S(=O)(=O)NC3(C)CC3)cc12. The molecule has 7 nitrogen and oxygen atoms in total. The summed E-state index contributed by atoms with van der Waals surface area (Å²) in [6.07, 6.45) is 1.57. The fraction of sp³-hybridized carbons (Fsp3) is 0.400. The van der Waals surface area contributed by atoms with Crippen molar-refractivity contribution in [2.75, 3.05) is 6.61 Å². The van der Waals surface area contributed by atoms with Crippen LogP contribution in [0.3, 0.4) is 0 Å². The minimum Gasteiger partial charge on any atom is -0.461 e. The fourth-order valence-corrected chi connectivity index (χ4v) is 4.71. The summed E-state index contributed by atoms with van der Waals surface area (Å²) in [7, 11) is -3.75. The van der Waals surface area contributed by atoms with Gasteiger partial charge in [-0.1, -0.05) is 0 Å². The van der Waals surface area contributed by atoms with E-state index in [4.69, 9.17) is 16.3 Å². The molecule has 1 heterocycles. The Labute approximate surface area is 158 Å². The molecule has 134 valence electrons. The third-order valence-electron chi connectivity index (χ3n) is 3.86. The maximum atomic E-state index is 12.6. The van der Waals surface area contributed by atoms with Gasteiger partial charge in [0.05, 0.1) is 17.0 Å². The molecule has 1 aromatic carbocycles. The smallest absolute Gasteiger partial charge is 0.357 e. The number of esters is 1. The first-order valence-electron chi connectivity index (χ1n) is 7.53. The third kappa shape index (κ3) is 3.79. The van der Waals surface area contributed by atoms with E-state index >= 15 is 0 Å². The number of rotatable bonds is 5. The lowest BCUT2D eigenvalue weighted by Gasteiger charge is -2.14. The van der Waals surface area contributed by atoms with E-state index in [0.29, 0.717) is 9.99 Å². The monoisotopic (exact) mass is 447 g/mol. The zero-order chi connectivity index (χ0) is 18.4. The van der Waals surface area contributed by atoms with E-state index in [1.807, 2.05) is 6.92 Å². The molecule has 1 saturated carbocycles. The Kier molecular flexibility index (Phi) is 4.78. The second-order valence-corrected chi connectivity index (χ2v) is 8.90. The first-order chi connectivity index (χ1) is 11.6. The zero-order valence-corrected chi connectivity index (χ0v) is 16.6. The van der Waals surface area contributed by atoms with Crippen LogP contribution in [0.15, 0.2) is 21.5 Å². The number of fused-ring (bicyclic) bond motifs is 1. The molecular weight excluding hydrogens is 434 g/mol. The summed E-state index contributed by atoms with van der Waals surface area (Å²) in [5, 5.41) is 0.119. The number of hydrogen-bond donors (Lipinski definition) is 1. The number of hydrogen-bond acceptors (Lipinski definition) is 6. The summed E-state index contributed by atoms with van der Waals surface area (Å²) in [6, 6.07) is 2.78. The van der Waals surface area contributed by atoms with Crippen molar-refractivity contribution < 1.29 is 17.9 Å². The molecule has 10 heteroatoms. The van der Waals surface area contributed by atoms with E-state index in [9.17, 15) is 13.2 Å². The second kappa shape index (κ2) is 6.46. The molecule has 0 spiro atoms. The first-order valence-corrected chi connectivity index (χ1v) is 10.2. The van der Waals surface area contributed by atoms with Crippen LogP contribution >= 0.6 is 27.5 Å². The van der Waals surface area contributed by atoms with Gasteiger partial charge in [-0.05, 0) is 66.4 Å². The van der Waals surface area contributed by atoms with Crippen LogP contribution in [-0.4, -0.2) is 36.5 Å². The molecule has 1 N–H and O–H groups in total. The average Bonchev–Trinajstić information content (AvgIpc) is 3.23. The Morgan fingerprint density at radius 1 is 1.40 bits per heavy atom. The largest absolute Gasteiger partial charge is 0.461 e. The molecule has 0 bridgehead atoms. The number of halogens is 2. The predicted octanol–water partition coefficient (Wildman–Crippen LogP) is 3.05. The first kappa shape index (κ1) is 18.5. The van der Waals surface area contributed by atoms with Crippen molar-refractivity contribution >= 4 is 54.4 Å². The van der Waals surface area contributed by atoms with E-state index < -0.39 is 21.5 Å². The Bertz CT molecular complexity index is 976. The number of ether oxygens (including phenoxy) is 1. The van der Waals surface area contributed by atoms with E-state index in [1.165, 1.54) is 12.1 Å². The molecule has 1 aliphatic carbocycles. The Morgan fingerprint density at radius 2 is 2.08 bits per heavy atom. The summed E-state index contributed by atoms with van der Waals surface area (Å²) in [5.74, 6) is -0.694. The van der Waals surface area contributed by atoms with Gasteiger partial charge in [-0.2, -0.15) is 0 Å². The Balaban J connectivity index is 2.18. The molecule has 0 radical (unpaired) electrons. The number of aromatic nitrogens is 2. The van der Waals surface area contributed by atoms with Gasteiger partial charge in [0.15, 0.2) is 5.69 Å². The Morgan fingerprint density at radius 3 is 2.68 bits per heavy atom. The van der Waals surface area contributed by atoms with Gasteiger partial charge in [0.2, 0.25) is 15.3 Å². The summed E-state index contributed by atoms with van der Waals surface area (Å²) in [4.78, 5) is 20.2. The summed E-state index contributed by atoms with van der Waals surface area (Å²) >= 11 is 9.18. The van der Waals surface area contributed by atoms with Crippen LogP contribution in [0, 0.1) is 0 Å². The van der Waals surface area contributed by atoms with Crippen LogP contribution in [0.2, 0.25) is 5.28 Å². The van der Waals surface area contributed by atoms with Gasteiger partial charge in [0.25, 0.3) is 0 Å². The highest BCUT2D eigenvalue weighted by Gasteiger charge is 2.41. The van der Waals surface area contributed by atoms with Gasteiger partial charge in [-0.3, -0.25) is 0 Å². The predicted molar refractivity (Wildman–Crippen MR) is 96.2 cm³/mol. The van der Waals surface area contributed by atoms with Crippen molar-refractivity contribution in [2.24, 2.45) is 0 Å². The molecule has 1 fully saturated rings. The summed E-state index contributed by atoms with van der Waals surface area (Å²) < 4.78 is 33.3. The zero-order valence-electron chi connectivity index (χ0n) is 13.5. The molecule has 0 atom stereocenters. The minimum atomic E-state index is -3.75. The maximum absolute atomic E-state index is 12.6. The van der Waals surface area contributed by atoms with E-state index in [0.717, 1.165) is 12.8 Å². The lowest BCUT2D eigenvalue weighted by atomic mass is 10.2. The maximum Gasteiger partial charge on any atom is 0.357 e. The van der Waals surface area contributed by atoms with Gasteiger partial charge in [-0.15, -0.1) is 0 Å². The highest BCUT2D eigenvalue weighted by atomic mass is 79.9. The molecule has 1 aliphatic rings. The highest BCUT2D eigenvalue weighted by molar-refractivity contribution is 9.10. The van der Waals surface area contributed by atoms with Gasteiger partial charge in [0, 0.05) is 15.4 Å². The van der Waals surface area contributed by atoms with Crippen molar-refractivity contribution in [2.45, 2.75) is 37.1 Å². The number of nitrogens with one attached hydrogen (secondary N) is 1. The number of carbonyl (C=O) groups excluding carboxylic acids is 1. The molecular formula is C15H15BrClN3O4S. The van der Waals surface area contributed by atoms with Crippen molar-refractivity contribution in [1.82, 2.24) is 14.7 Å².